The van der Waals surface area contributed by atoms with Crippen molar-refractivity contribution < 1.29 is 10.2 Å². The zero-order valence-electron chi connectivity index (χ0n) is 18.9. The summed E-state index contributed by atoms with van der Waals surface area (Å²) in [5, 5.41) is 27.0. The Labute approximate surface area is 197 Å². The van der Waals surface area contributed by atoms with E-state index in [9.17, 15) is 10.2 Å². The number of phenolic OH excluding ortho intramolecular Hbond substituents is 1. The van der Waals surface area contributed by atoms with E-state index in [1.54, 1.807) is 18.2 Å². The van der Waals surface area contributed by atoms with Gasteiger partial charge in [0.05, 0.1) is 11.9 Å². The highest BCUT2D eigenvalue weighted by molar-refractivity contribution is 5.98. The first kappa shape index (κ1) is 20.7. The van der Waals surface area contributed by atoms with Gasteiger partial charge in [0.1, 0.15) is 23.6 Å². The third-order valence-electron chi connectivity index (χ3n) is 6.99. The molecule has 1 aliphatic heterocycles. The van der Waals surface area contributed by atoms with Gasteiger partial charge in [-0.1, -0.05) is 30.3 Å². The van der Waals surface area contributed by atoms with Crippen LogP contribution in [0.2, 0.25) is 0 Å². The molecule has 172 valence electrons. The lowest BCUT2D eigenvalue weighted by Gasteiger charge is -2.46. The number of nitrogen functional groups attached to an aromatic ring is 1. The number of aliphatic hydroxyl groups is 1. The van der Waals surface area contributed by atoms with E-state index in [4.69, 9.17) is 10.8 Å². The number of rotatable bonds is 4. The van der Waals surface area contributed by atoms with Crippen LogP contribution in [-0.4, -0.2) is 40.9 Å². The van der Waals surface area contributed by atoms with Crippen LogP contribution in [0.1, 0.15) is 42.2 Å². The number of hydrogen-bond acceptors (Lipinski definition) is 7. The molecule has 4 aromatic rings. The molecule has 0 spiro atoms. The number of allylic oxidation sites excluding steroid dienone is 1. The van der Waals surface area contributed by atoms with E-state index < -0.39 is 6.23 Å². The number of nitrogens with zero attached hydrogens (tertiary/aromatic N) is 5. The molecule has 1 atom stereocenters. The topological polar surface area (TPSA) is 113 Å². The van der Waals surface area contributed by atoms with Gasteiger partial charge in [-0.05, 0) is 55.5 Å². The summed E-state index contributed by atoms with van der Waals surface area (Å²) >= 11 is 0. The van der Waals surface area contributed by atoms with Crippen molar-refractivity contribution in [2.45, 2.75) is 45.0 Å². The van der Waals surface area contributed by atoms with Crippen molar-refractivity contribution in [1.29, 1.82) is 0 Å². The first-order chi connectivity index (χ1) is 16.5. The maximum Gasteiger partial charge on any atom is 0.164 e. The molecule has 0 radical (unpaired) electrons. The van der Waals surface area contributed by atoms with Gasteiger partial charge in [0.15, 0.2) is 11.9 Å². The van der Waals surface area contributed by atoms with Crippen LogP contribution in [0.15, 0.2) is 54.5 Å². The maximum absolute atomic E-state index is 11.4. The Bertz CT molecular complexity index is 1440. The number of hydrogen-bond donors (Lipinski definition) is 3. The molecule has 1 aliphatic carbocycles. The molecule has 2 aromatic carbocycles. The van der Waals surface area contributed by atoms with Crippen LogP contribution in [-0.2, 0) is 6.54 Å². The molecule has 34 heavy (non-hydrogen) atoms. The van der Waals surface area contributed by atoms with Crippen LogP contribution < -0.4 is 5.73 Å². The summed E-state index contributed by atoms with van der Waals surface area (Å²) in [6, 6.07) is 13.3. The summed E-state index contributed by atoms with van der Waals surface area (Å²) < 4.78 is 1.82. The highest BCUT2D eigenvalue weighted by Gasteiger charge is 2.36. The van der Waals surface area contributed by atoms with Crippen molar-refractivity contribution >= 4 is 22.9 Å². The summed E-state index contributed by atoms with van der Waals surface area (Å²) in [6.45, 7) is 2.47. The van der Waals surface area contributed by atoms with E-state index >= 15 is 0 Å². The third-order valence-corrected chi connectivity index (χ3v) is 6.99. The van der Waals surface area contributed by atoms with E-state index in [0.29, 0.717) is 35.1 Å². The number of anilines is 1. The van der Waals surface area contributed by atoms with Crippen LogP contribution in [0.3, 0.4) is 0 Å². The summed E-state index contributed by atoms with van der Waals surface area (Å²) in [6.07, 6.45) is 6.16. The van der Waals surface area contributed by atoms with E-state index in [2.05, 4.69) is 20.9 Å². The molecule has 4 N–H and O–H groups in total. The van der Waals surface area contributed by atoms with Crippen LogP contribution in [0.25, 0.3) is 28.4 Å². The fraction of sp³-hybridized carbons (Fsp3) is 0.269. The van der Waals surface area contributed by atoms with Crippen molar-refractivity contribution in [3.63, 3.8) is 0 Å². The number of fused-ring (bicyclic) bond motifs is 2. The van der Waals surface area contributed by atoms with Gasteiger partial charge in [0, 0.05) is 22.9 Å². The van der Waals surface area contributed by atoms with E-state index in [-0.39, 0.29) is 5.75 Å². The van der Waals surface area contributed by atoms with Crippen molar-refractivity contribution in [3.05, 3.63) is 71.2 Å². The first-order valence-electron chi connectivity index (χ1n) is 11.5. The monoisotopic (exact) mass is 454 g/mol. The zero-order valence-corrected chi connectivity index (χ0v) is 18.9. The Balaban J connectivity index is 1.50. The molecule has 0 amide bonds. The summed E-state index contributed by atoms with van der Waals surface area (Å²) in [5.41, 5.74) is 12.3. The van der Waals surface area contributed by atoms with Gasteiger partial charge in [0.25, 0.3) is 0 Å². The third kappa shape index (κ3) is 3.21. The second kappa shape index (κ2) is 7.85. The predicted octanol–water partition coefficient (Wildman–Crippen LogP) is 3.99. The Hall–Kier alpha value is -3.91. The fourth-order valence-corrected chi connectivity index (χ4v) is 5.11. The quantitative estimate of drug-likeness (QED) is 0.427. The molecule has 6 rings (SSSR count). The lowest BCUT2D eigenvalue weighted by Crippen LogP contribution is -2.44. The Morgan fingerprint density at radius 3 is 2.71 bits per heavy atom. The number of aromatic nitrogens is 4. The number of nitrogens with two attached hydrogens (primary N) is 1. The molecule has 1 fully saturated rings. The Morgan fingerprint density at radius 2 is 1.94 bits per heavy atom. The highest BCUT2D eigenvalue weighted by Crippen LogP contribution is 2.41. The zero-order chi connectivity index (χ0) is 23.4. The molecule has 2 aromatic heterocycles. The molecular weight excluding hydrogens is 428 g/mol. The molecule has 1 saturated carbocycles. The molecule has 0 saturated heterocycles. The molecule has 1 unspecified atom stereocenters. The SMILES string of the molecule is Cc1cccc2c1C(O)N(C1CCC1)C(Cn1nc(-c3cccc(O)c3)c3c(N)ncnc31)=C2. The van der Waals surface area contributed by atoms with Gasteiger partial charge in [-0.15, -0.1) is 0 Å². The second-order valence-electron chi connectivity index (χ2n) is 9.09. The standard InChI is InChI=1S/C26H26N6O2/c1-15-5-2-6-16-11-19(32(18-8-4-9-18)26(34)21(15)16)13-31-25-22(24(27)28-14-29-25)23(30-31)17-7-3-10-20(33)12-17/h2-3,5-7,10-12,14,18,26,33-34H,4,8-9,13H2,1H3,(H2,27,28,29). The van der Waals surface area contributed by atoms with Gasteiger partial charge < -0.3 is 20.8 Å². The van der Waals surface area contributed by atoms with Crippen LogP contribution in [0, 0.1) is 6.92 Å². The number of benzene rings is 2. The highest BCUT2D eigenvalue weighted by atomic mass is 16.3. The van der Waals surface area contributed by atoms with Gasteiger partial charge in [0.2, 0.25) is 0 Å². The van der Waals surface area contributed by atoms with Crippen molar-refractivity contribution in [2.75, 3.05) is 5.73 Å². The van der Waals surface area contributed by atoms with Crippen LogP contribution >= 0.6 is 0 Å². The Morgan fingerprint density at radius 1 is 1.12 bits per heavy atom. The number of aryl methyl sites for hydroxylation is 1. The Kier molecular flexibility index (Phi) is 4.77. The van der Waals surface area contributed by atoms with Crippen LogP contribution in [0.5, 0.6) is 5.75 Å². The van der Waals surface area contributed by atoms with Gasteiger partial charge in [-0.3, -0.25) is 0 Å². The summed E-state index contributed by atoms with van der Waals surface area (Å²) in [5.74, 6) is 0.487. The minimum atomic E-state index is -0.700. The van der Waals surface area contributed by atoms with Gasteiger partial charge in [-0.2, -0.15) is 5.10 Å². The van der Waals surface area contributed by atoms with Gasteiger partial charge in [-0.25, -0.2) is 14.6 Å². The number of phenols is 1. The second-order valence-corrected chi connectivity index (χ2v) is 9.09. The smallest absolute Gasteiger partial charge is 0.164 e. The average Bonchev–Trinajstić information content (AvgIpc) is 3.15. The molecule has 8 nitrogen and oxygen atoms in total. The van der Waals surface area contributed by atoms with Crippen LogP contribution in [0.4, 0.5) is 5.82 Å². The molecule has 0 bridgehead atoms. The molecule has 3 heterocycles. The predicted molar refractivity (Wildman–Crippen MR) is 130 cm³/mol. The lowest BCUT2D eigenvalue weighted by atomic mass is 9.87. The largest absolute Gasteiger partial charge is 0.508 e. The molecule has 2 aliphatic rings. The minimum Gasteiger partial charge on any atom is -0.508 e. The van der Waals surface area contributed by atoms with E-state index in [1.807, 2.05) is 35.9 Å². The number of aromatic hydroxyl groups is 1. The van der Waals surface area contributed by atoms with Crippen molar-refractivity contribution in [1.82, 2.24) is 24.6 Å². The van der Waals surface area contributed by atoms with E-state index in [1.165, 1.54) is 6.33 Å². The summed E-state index contributed by atoms with van der Waals surface area (Å²) in [4.78, 5) is 10.8. The first-order valence-corrected chi connectivity index (χ1v) is 11.5. The maximum atomic E-state index is 11.4. The lowest BCUT2D eigenvalue weighted by molar-refractivity contribution is -0.0284. The van der Waals surface area contributed by atoms with Gasteiger partial charge >= 0.3 is 0 Å². The number of aliphatic hydroxyl groups excluding tert-OH is 1. The molecular formula is C26H26N6O2. The summed E-state index contributed by atoms with van der Waals surface area (Å²) in [7, 11) is 0. The van der Waals surface area contributed by atoms with Crippen molar-refractivity contribution in [3.8, 4) is 17.0 Å². The fourth-order valence-electron chi connectivity index (χ4n) is 5.11. The normalized spacial score (nSPS) is 18.0. The van der Waals surface area contributed by atoms with E-state index in [0.717, 1.165) is 47.2 Å². The molecule has 8 heteroatoms. The minimum absolute atomic E-state index is 0.150. The van der Waals surface area contributed by atoms with Crippen molar-refractivity contribution in [2.24, 2.45) is 0 Å². The average molecular weight is 455 g/mol.